The van der Waals surface area contributed by atoms with Gasteiger partial charge in [-0.2, -0.15) is 13.2 Å². The molecular weight excluding hydrogens is 289 g/mol. The van der Waals surface area contributed by atoms with Crippen LogP contribution in [0.25, 0.3) is 0 Å². The van der Waals surface area contributed by atoms with E-state index in [9.17, 15) is 26.4 Å². The Morgan fingerprint density at radius 3 is 2.05 bits per heavy atom. The quantitative estimate of drug-likeness (QED) is 0.667. The van der Waals surface area contributed by atoms with Gasteiger partial charge < -0.3 is 4.74 Å². The van der Waals surface area contributed by atoms with Crippen LogP contribution in [0.3, 0.4) is 0 Å². The predicted octanol–water partition coefficient (Wildman–Crippen LogP) is 1.16. The van der Waals surface area contributed by atoms with Crippen molar-refractivity contribution in [2.24, 2.45) is 0 Å². The van der Waals surface area contributed by atoms with Gasteiger partial charge in [-0.25, -0.2) is 17.4 Å². The van der Waals surface area contributed by atoms with Gasteiger partial charge in [0.15, 0.2) is 0 Å². The highest BCUT2D eigenvalue weighted by molar-refractivity contribution is 7.67. The zero-order valence-electron chi connectivity index (χ0n) is 9.51. The number of methoxy groups -OCH3 is 1. The average Bonchev–Trinajstić information content (AvgIpc) is 2.34. The van der Waals surface area contributed by atoms with Crippen molar-refractivity contribution in [3.63, 3.8) is 0 Å². The first-order valence-electron chi connectivity index (χ1n) is 4.80. The van der Waals surface area contributed by atoms with Crippen molar-refractivity contribution in [2.45, 2.75) is 11.8 Å². The second-order valence-corrected chi connectivity index (χ2v) is 3.98. The van der Waals surface area contributed by atoms with E-state index in [4.69, 9.17) is 0 Å². The molecule has 0 fully saturated rings. The van der Waals surface area contributed by atoms with Crippen molar-refractivity contribution in [3.8, 4) is 0 Å². The number of hydrogen-bond donors (Lipinski definition) is 1. The molecule has 0 aliphatic carbocycles. The molecule has 19 heavy (non-hydrogen) atoms. The average molecular weight is 298 g/mol. The van der Waals surface area contributed by atoms with E-state index in [1.165, 1.54) is 18.2 Å². The third-order valence-corrected chi connectivity index (χ3v) is 2.69. The maximum Gasteiger partial charge on any atom is 0.434 e. The lowest BCUT2D eigenvalue weighted by Gasteiger charge is -2.30. The molecule has 0 N–H and O–H groups in total. The maximum atomic E-state index is 13.2. The summed E-state index contributed by atoms with van der Waals surface area (Å²) in [5.41, 5.74) is -4.38. The van der Waals surface area contributed by atoms with Gasteiger partial charge in [0, 0.05) is 5.56 Å². The number of alkyl halides is 3. The van der Waals surface area contributed by atoms with E-state index in [0.29, 0.717) is 7.11 Å². The number of carbonyl (C=O) groups excluding carboxylic acids is 1. The van der Waals surface area contributed by atoms with Crippen LogP contribution >= 0.6 is 0 Å². The van der Waals surface area contributed by atoms with Gasteiger partial charge in [-0.05, 0) is 0 Å². The first kappa shape index (κ1) is 15.4. The zero-order valence-corrected chi connectivity index (χ0v) is 10.4. The summed E-state index contributed by atoms with van der Waals surface area (Å²) in [6, 6.07) is 5.66. The van der Waals surface area contributed by atoms with Crippen LogP contribution in [0.5, 0.6) is 0 Å². The number of ether oxygens (including phenoxy) is 1. The summed E-state index contributed by atoms with van der Waals surface area (Å²) in [7, 11) is -3.23. The molecule has 9 heteroatoms. The molecule has 1 aromatic carbocycles. The third kappa shape index (κ3) is 2.87. The summed E-state index contributed by atoms with van der Waals surface area (Å²) in [5.74, 6) is -1.87. The lowest BCUT2D eigenvalue weighted by atomic mass is 9.93. The Morgan fingerprint density at radius 2 is 1.68 bits per heavy atom. The Morgan fingerprint density at radius 1 is 1.16 bits per heavy atom. The van der Waals surface area contributed by atoms with Gasteiger partial charge in [-0.1, -0.05) is 30.3 Å². The van der Waals surface area contributed by atoms with Crippen LogP contribution < -0.4 is 0 Å². The second kappa shape index (κ2) is 5.57. The van der Waals surface area contributed by atoms with Crippen LogP contribution in [-0.2, 0) is 30.3 Å². The molecule has 1 atom stereocenters. The van der Waals surface area contributed by atoms with E-state index in [-0.39, 0.29) is 0 Å². The van der Waals surface area contributed by atoms with Gasteiger partial charge in [0.05, 0.1) is 7.11 Å². The first-order valence-corrected chi connectivity index (χ1v) is 5.89. The number of benzene rings is 1. The Balaban J connectivity index is 3.57. The molecule has 0 aliphatic heterocycles. The van der Waals surface area contributed by atoms with Crippen LogP contribution in [0.1, 0.15) is 5.56 Å². The summed E-state index contributed by atoms with van der Waals surface area (Å²) in [6.07, 6.45) is -5.31. The molecule has 0 heterocycles. The minimum absolute atomic E-state index is 0.687. The highest BCUT2D eigenvalue weighted by Crippen LogP contribution is 2.43. The van der Waals surface area contributed by atoms with Crippen LogP contribution in [0.15, 0.2) is 30.3 Å². The van der Waals surface area contributed by atoms with Gasteiger partial charge in [0.1, 0.15) is 0 Å². The first-order chi connectivity index (χ1) is 8.75. The molecular formula is C10H9F3O5S. The number of hydrogen-bond acceptors (Lipinski definition) is 5. The van der Waals surface area contributed by atoms with Crippen LogP contribution in [0.2, 0.25) is 0 Å². The van der Waals surface area contributed by atoms with Gasteiger partial charge in [0.25, 0.3) is 11.0 Å². The standard InChI is InChI=1S/C10H9F3O5S/c1-17-8(14)9(10(11,12)13,18-19(15)16)7-5-3-2-4-6-7/h2-6,19H,1H3. The Kier molecular flexibility index (Phi) is 4.53. The molecule has 0 saturated carbocycles. The summed E-state index contributed by atoms with van der Waals surface area (Å²) >= 11 is 0. The molecule has 0 aromatic heterocycles. The number of thiol groups is 1. The van der Waals surface area contributed by atoms with Crippen molar-refractivity contribution in [1.82, 2.24) is 0 Å². The number of rotatable bonds is 4. The Labute approximate surface area is 108 Å². The highest BCUT2D eigenvalue weighted by atomic mass is 32.2. The largest absolute Gasteiger partial charge is 0.466 e. The number of halogens is 3. The lowest BCUT2D eigenvalue weighted by molar-refractivity contribution is -0.255. The van der Waals surface area contributed by atoms with Crippen molar-refractivity contribution < 1.29 is 35.3 Å². The zero-order chi connectivity index (χ0) is 14.7. The van der Waals surface area contributed by atoms with Gasteiger partial charge in [0.2, 0.25) is 0 Å². The molecule has 1 aromatic rings. The summed E-state index contributed by atoms with van der Waals surface area (Å²) in [6.45, 7) is 0. The van der Waals surface area contributed by atoms with Gasteiger partial charge in [-0.3, -0.25) is 0 Å². The summed E-state index contributed by atoms with van der Waals surface area (Å²) < 4.78 is 68.6. The lowest BCUT2D eigenvalue weighted by Crippen LogP contribution is -2.51. The molecule has 0 amide bonds. The van der Waals surface area contributed by atoms with E-state index in [2.05, 4.69) is 8.92 Å². The third-order valence-electron chi connectivity index (χ3n) is 2.26. The highest BCUT2D eigenvalue weighted by Gasteiger charge is 2.65. The van der Waals surface area contributed by atoms with E-state index < -0.39 is 34.3 Å². The molecule has 1 unspecified atom stereocenters. The number of esters is 1. The summed E-state index contributed by atoms with van der Waals surface area (Å²) in [5, 5.41) is 0. The normalized spacial score (nSPS) is 15.0. The minimum Gasteiger partial charge on any atom is -0.466 e. The fraction of sp³-hybridized carbons (Fsp3) is 0.300. The fourth-order valence-electron chi connectivity index (χ4n) is 1.47. The smallest absolute Gasteiger partial charge is 0.434 e. The van der Waals surface area contributed by atoms with Crippen LogP contribution in [-0.4, -0.2) is 27.7 Å². The minimum atomic E-state index is -5.31. The monoisotopic (exact) mass is 298 g/mol. The molecule has 0 spiro atoms. The Bertz CT molecular complexity index is 518. The molecule has 0 bridgehead atoms. The molecule has 5 nitrogen and oxygen atoms in total. The second-order valence-electron chi connectivity index (χ2n) is 3.35. The molecule has 1 rings (SSSR count). The SMILES string of the molecule is COC(=O)C(O[SH](=O)=O)(c1ccccc1)C(F)(F)F. The van der Waals surface area contributed by atoms with E-state index in [1.54, 1.807) is 0 Å². The maximum absolute atomic E-state index is 13.2. The predicted molar refractivity (Wildman–Crippen MR) is 57.6 cm³/mol. The van der Waals surface area contributed by atoms with Crippen molar-refractivity contribution >= 4 is 17.0 Å². The molecule has 106 valence electrons. The molecule has 0 radical (unpaired) electrons. The van der Waals surface area contributed by atoms with Crippen molar-refractivity contribution in [2.75, 3.05) is 7.11 Å². The van der Waals surface area contributed by atoms with E-state index in [0.717, 1.165) is 12.1 Å². The fourth-order valence-corrected chi connectivity index (χ4v) is 1.97. The number of carbonyl (C=O) groups is 1. The topological polar surface area (TPSA) is 69.7 Å². The molecule has 0 saturated heterocycles. The van der Waals surface area contributed by atoms with Crippen LogP contribution in [0.4, 0.5) is 13.2 Å². The van der Waals surface area contributed by atoms with Gasteiger partial charge >= 0.3 is 17.7 Å². The van der Waals surface area contributed by atoms with Crippen molar-refractivity contribution in [1.29, 1.82) is 0 Å². The van der Waals surface area contributed by atoms with Crippen LogP contribution in [0, 0.1) is 0 Å². The van der Waals surface area contributed by atoms with E-state index >= 15 is 0 Å². The van der Waals surface area contributed by atoms with E-state index in [1.807, 2.05) is 0 Å². The molecule has 0 aliphatic rings. The van der Waals surface area contributed by atoms with Crippen molar-refractivity contribution in [3.05, 3.63) is 35.9 Å². The van der Waals surface area contributed by atoms with Gasteiger partial charge in [-0.15, -0.1) is 0 Å². The summed E-state index contributed by atoms with van der Waals surface area (Å²) in [4.78, 5) is 11.5. The Hall–Kier alpha value is -1.61.